The first kappa shape index (κ1) is 14.5. The Morgan fingerprint density at radius 2 is 1.84 bits per heavy atom. The van der Waals surface area contributed by atoms with Crippen LogP contribution in [0.1, 0.15) is 42.9 Å². The standard InChI is InChI=1S/C17H28N2/c1-13-6-5-7-15(12-13)17(19(3)4)14-8-10-16(18-2)11-9-14/h5-7,12,14,16-18H,8-11H2,1-4H3. The van der Waals surface area contributed by atoms with Crippen LogP contribution in [0.5, 0.6) is 0 Å². The van der Waals surface area contributed by atoms with E-state index in [0.29, 0.717) is 6.04 Å². The van der Waals surface area contributed by atoms with Crippen LogP contribution >= 0.6 is 0 Å². The third-order valence-corrected chi connectivity index (χ3v) is 4.57. The molecule has 19 heavy (non-hydrogen) atoms. The minimum absolute atomic E-state index is 0.567. The maximum atomic E-state index is 3.43. The van der Waals surface area contributed by atoms with Crippen molar-refractivity contribution in [2.24, 2.45) is 5.92 Å². The molecular weight excluding hydrogens is 232 g/mol. The van der Waals surface area contributed by atoms with Crippen LogP contribution in [-0.2, 0) is 0 Å². The van der Waals surface area contributed by atoms with Gasteiger partial charge < -0.3 is 10.2 Å². The molecule has 1 aliphatic carbocycles. The Morgan fingerprint density at radius 1 is 1.16 bits per heavy atom. The molecule has 106 valence electrons. The van der Waals surface area contributed by atoms with Gasteiger partial charge in [-0.25, -0.2) is 0 Å². The molecule has 1 N–H and O–H groups in total. The van der Waals surface area contributed by atoms with Crippen LogP contribution in [-0.4, -0.2) is 32.1 Å². The first-order valence-electron chi connectivity index (χ1n) is 7.52. The van der Waals surface area contributed by atoms with Crippen molar-refractivity contribution < 1.29 is 0 Å². The third-order valence-electron chi connectivity index (χ3n) is 4.57. The van der Waals surface area contributed by atoms with E-state index >= 15 is 0 Å². The molecular formula is C17H28N2. The maximum absolute atomic E-state index is 3.43. The Labute approximate surface area is 118 Å². The van der Waals surface area contributed by atoms with Crippen LogP contribution in [0.15, 0.2) is 24.3 Å². The highest BCUT2D eigenvalue weighted by Gasteiger charge is 2.29. The van der Waals surface area contributed by atoms with E-state index < -0.39 is 0 Å². The van der Waals surface area contributed by atoms with Gasteiger partial charge in [-0.2, -0.15) is 0 Å². The Balaban J connectivity index is 2.13. The van der Waals surface area contributed by atoms with Gasteiger partial charge in [0.15, 0.2) is 0 Å². The predicted octanol–water partition coefficient (Wildman–Crippen LogP) is 3.38. The smallest absolute Gasteiger partial charge is 0.0370 e. The fourth-order valence-electron chi connectivity index (χ4n) is 3.57. The van der Waals surface area contributed by atoms with E-state index in [2.05, 4.69) is 62.5 Å². The summed E-state index contributed by atoms with van der Waals surface area (Å²) >= 11 is 0. The molecule has 1 unspecified atom stereocenters. The topological polar surface area (TPSA) is 15.3 Å². The lowest BCUT2D eigenvalue weighted by Crippen LogP contribution is -2.35. The summed E-state index contributed by atoms with van der Waals surface area (Å²) in [5.74, 6) is 0.793. The molecule has 1 aromatic carbocycles. The largest absolute Gasteiger partial charge is 0.317 e. The molecule has 1 aliphatic rings. The molecule has 0 bridgehead atoms. The molecule has 2 heteroatoms. The Kier molecular flexibility index (Phi) is 5.00. The number of hydrogen-bond donors (Lipinski definition) is 1. The second-order valence-electron chi connectivity index (χ2n) is 6.22. The van der Waals surface area contributed by atoms with E-state index in [9.17, 15) is 0 Å². The fourth-order valence-corrected chi connectivity index (χ4v) is 3.57. The van der Waals surface area contributed by atoms with Crippen molar-refractivity contribution in [3.63, 3.8) is 0 Å². The highest BCUT2D eigenvalue weighted by atomic mass is 15.1. The van der Waals surface area contributed by atoms with Gasteiger partial charge >= 0.3 is 0 Å². The van der Waals surface area contributed by atoms with E-state index in [-0.39, 0.29) is 0 Å². The summed E-state index contributed by atoms with van der Waals surface area (Å²) in [6.45, 7) is 2.19. The van der Waals surface area contributed by atoms with E-state index in [1.807, 2.05) is 0 Å². The summed E-state index contributed by atoms with van der Waals surface area (Å²) in [6, 6.07) is 10.3. The highest BCUT2D eigenvalue weighted by Crippen LogP contribution is 2.37. The van der Waals surface area contributed by atoms with Crippen LogP contribution in [0.3, 0.4) is 0 Å². The lowest BCUT2D eigenvalue weighted by atomic mass is 9.78. The Bertz CT molecular complexity index is 392. The van der Waals surface area contributed by atoms with Crippen molar-refractivity contribution in [3.05, 3.63) is 35.4 Å². The molecule has 1 aromatic rings. The molecule has 0 aliphatic heterocycles. The van der Waals surface area contributed by atoms with Crippen LogP contribution in [0.2, 0.25) is 0 Å². The Hall–Kier alpha value is -0.860. The van der Waals surface area contributed by atoms with Gasteiger partial charge in [0.25, 0.3) is 0 Å². The van der Waals surface area contributed by atoms with Crippen LogP contribution < -0.4 is 5.32 Å². The van der Waals surface area contributed by atoms with Gasteiger partial charge in [-0.3, -0.25) is 0 Å². The molecule has 1 saturated carbocycles. The average Bonchev–Trinajstić information content (AvgIpc) is 2.39. The number of hydrogen-bond acceptors (Lipinski definition) is 2. The Morgan fingerprint density at radius 3 is 2.37 bits per heavy atom. The molecule has 0 spiro atoms. The summed E-state index contributed by atoms with van der Waals surface area (Å²) in [5.41, 5.74) is 2.85. The van der Waals surface area contributed by atoms with Crippen LogP contribution in [0.4, 0.5) is 0 Å². The normalized spacial score (nSPS) is 25.5. The minimum Gasteiger partial charge on any atom is -0.317 e. The summed E-state index contributed by atoms with van der Waals surface area (Å²) in [5, 5.41) is 3.43. The van der Waals surface area contributed by atoms with Crippen LogP contribution in [0, 0.1) is 12.8 Å². The van der Waals surface area contributed by atoms with Crippen molar-refractivity contribution in [3.8, 4) is 0 Å². The van der Waals surface area contributed by atoms with Gasteiger partial charge in [0, 0.05) is 12.1 Å². The lowest BCUT2D eigenvalue weighted by molar-refractivity contribution is 0.159. The molecule has 0 heterocycles. The zero-order chi connectivity index (χ0) is 13.8. The quantitative estimate of drug-likeness (QED) is 0.893. The first-order valence-corrected chi connectivity index (χ1v) is 7.52. The van der Waals surface area contributed by atoms with E-state index in [1.165, 1.54) is 36.8 Å². The van der Waals surface area contributed by atoms with Gasteiger partial charge in [0.05, 0.1) is 0 Å². The monoisotopic (exact) mass is 260 g/mol. The molecule has 0 saturated heterocycles. The number of nitrogens with zero attached hydrogens (tertiary/aromatic N) is 1. The lowest BCUT2D eigenvalue weighted by Gasteiger charge is -2.37. The summed E-state index contributed by atoms with van der Waals surface area (Å²) in [6.07, 6.45) is 5.30. The van der Waals surface area contributed by atoms with Crippen molar-refractivity contribution in [2.75, 3.05) is 21.1 Å². The highest BCUT2D eigenvalue weighted by molar-refractivity contribution is 5.25. The first-order chi connectivity index (χ1) is 9.11. The van der Waals surface area contributed by atoms with Crippen molar-refractivity contribution in [1.29, 1.82) is 0 Å². The van der Waals surface area contributed by atoms with Gasteiger partial charge in [-0.1, -0.05) is 29.8 Å². The number of benzene rings is 1. The van der Waals surface area contributed by atoms with Crippen molar-refractivity contribution >= 4 is 0 Å². The molecule has 2 rings (SSSR count). The summed E-state index contributed by atoms with van der Waals surface area (Å²) in [7, 11) is 6.53. The van der Waals surface area contributed by atoms with Gasteiger partial charge in [-0.15, -0.1) is 0 Å². The molecule has 0 radical (unpaired) electrons. The summed E-state index contributed by atoms with van der Waals surface area (Å²) in [4.78, 5) is 2.40. The minimum atomic E-state index is 0.567. The number of rotatable bonds is 4. The van der Waals surface area contributed by atoms with Crippen molar-refractivity contribution in [1.82, 2.24) is 10.2 Å². The van der Waals surface area contributed by atoms with E-state index in [0.717, 1.165) is 12.0 Å². The fraction of sp³-hybridized carbons (Fsp3) is 0.647. The van der Waals surface area contributed by atoms with Gasteiger partial charge in [-0.05, 0) is 65.2 Å². The van der Waals surface area contributed by atoms with Crippen LogP contribution in [0.25, 0.3) is 0 Å². The second-order valence-corrected chi connectivity index (χ2v) is 6.22. The zero-order valence-corrected chi connectivity index (χ0v) is 12.8. The number of nitrogens with one attached hydrogen (secondary N) is 1. The molecule has 0 aromatic heterocycles. The maximum Gasteiger partial charge on any atom is 0.0370 e. The SMILES string of the molecule is CNC1CCC(C(c2cccc(C)c2)N(C)C)CC1. The molecule has 2 nitrogen and oxygen atoms in total. The molecule has 1 fully saturated rings. The predicted molar refractivity (Wildman–Crippen MR) is 82.4 cm³/mol. The van der Waals surface area contributed by atoms with Gasteiger partial charge in [0.1, 0.15) is 0 Å². The van der Waals surface area contributed by atoms with Gasteiger partial charge in [0.2, 0.25) is 0 Å². The zero-order valence-electron chi connectivity index (χ0n) is 12.8. The molecule has 0 amide bonds. The third kappa shape index (κ3) is 3.58. The van der Waals surface area contributed by atoms with Crippen molar-refractivity contribution in [2.45, 2.75) is 44.7 Å². The number of aryl methyl sites for hydroxylation is 1. The molecule has 1 atom stereocenters. The van der Waals surface area contributed by atoms with E-state index in [4.69, 9.17) is 0 Å². The average molecular weight is 260 g/mol. The summed E-state index contributed by atoms with van der Waals surface area (Å²) < 4.78 is 0. The second kappa shape index (κ2) is 6.53. The van der Waals surface area contributed by atoms with E-state index in [1.54, 1.807) is 0 Å².